The zero-order valence-electron chi connectivity index (χ0n) is 9.16. The predicted octanol–water partition coefficient (Wildman–Crippen LogP) is -0.504. The van der Waals surface area contributed by atoms with E-state index in [1.54, 1.807) is 0 Å². The van der Waals surface area contributed by atoms with Crippen LogP contribution in [0, 0.1) is 0 Å². The summed E-state index contributed by atoms with van der Waals surface area (Å²) in [6, 6.07) is -0.652. The Balaban J connectivity index is 2.19. The maximum atomic E-state index is 11.3. The number of rotatable bonds is 4. The summed E-state index contributed by atoms with van der Waals surface area (Å²) in [5.41, 5.74) is -0.868. The lowest BCUT2D eigenvalue weighted by atomic mass is 9.92. The van der Waals surface area contributed by atoms with Crippen molar-refractivity contribution in [1.29, 1.82) is 0 Å². The summed E-state index contributed by atoms with van der Waals surface area (Å²) in [5.74, 6) is 0. The van der Waals surface area contributed by atoms with Gasteiger partial charge in [0.15, 0.2) is 0 Å². The summed E-state index contributed by atoms with van der Waals surface area (Å²) in [6.07, 6.45) is -1.18. The number of fused-ring (bicyclic) bond motifs is 2. The number of hydrogen-bond acceptors (Lipinski definition) is 5. The Morgan fingerprint density at radius 3 is 2.88 bits per heavy atom. The van der Waals surface area contributed by atoms with Crippen molar-refractivity contribution in [2.75, 3.05) is 27.0 Å². The molecule has 0 saturated carbocycles. The van der Waals surface area contributed by atoms with Gasteiger partial charge in [0.2, 0.25) is 0 Å². The van der Waals surface area contributed by atoms with E-state index in [-0.39, 0.29) is 13.2 Å². The standard InChI is InChI=1S/C8H14BO6P/c1-12-3-8-4-13-5(7(9)14-8)6(8)15-16(2,10)11/h5-7H,3-4H2,1-2H3,(H,10,11)/t5?,6-,7+,8?/m0/s1. The lowest BCUT2D eigenvalue weighted by Gasteiger charge is -2.30. The normalized spacial score (nSPS) is 45.8. The first-order valence-electron chi connectivity index (χ1n) is 4.90. The Bertz CT molecular complexity index is 320. The molecule has 6 nitrogen and oxygen atoms in total. The Kier molecular flexibility index (Phi) is 3.20. The van der Waals surface area contributed by atoms with Crippen LogP contribution in [0.2, 0.25) is 0 Å². The van der Waals surface area contributed by atoms with Crippen molar-refractivity contribution in [2.24, 2.45) is 0 Å². The van der Waals surface area contributed by atoms with E-state index in [9.17, 15) is 9.46 Å². The van der Waals surface area contributed by atoms with E-state index < -0.39 is 31.4 Å². The first kappa shape index (κ1) is 12.5. The molecule has 2 heterocycles. The highest BCUT2D eigenvalue weighted by Gasteiger charge is 2.61. The van der Waals surface area contributed by atoms with E-state index in [0.717, 1.165) is 6.66 Å². The second kappa shape index (κ2) is 4.08. The first-order chi connectivity index (χ1) is 7.38. The lowest BCUT2D eigenvalue weighted by molar-refractivity contribution is -0.141. The highest BCUT2D eigenvalue weighted by molar-refractivity contribution is 7.51. The molecule has 90 valence electrons. The molecule has 0 aromatic carbocycles. The summed E-state index contributed by atoms with van der Waals surface area (Å²) in [7, 11) is 3.59. The van der Waals surface area contributed by atoms with Gasteiger partial charge in [0.25, 0.3) is 0 Å². The summed E-state index contributed by atoms with van der Waals surface area (Å²) in [4.78, 5) is 9.25. The fourth-order valence-electron chi connectivity index (χ4n) is 2.18. The van der Waals surface area contributed by atoms with Crippen LogP contribution in [0.4, 0.5) is 0 Å². The maximum Gasteiger partial charge on any atom is 0.325 e. The van der Waals surface area contributed by atoms with Gasteiger partial charge in [-0.2, -0.15) is 0 Å². The van der Waals surface area contributed by atoms with Gasteiger partial charge in [0.05, 0.1) is 13.2 Å². The van der Waals surface area contributed by atoms with Gasteiger partial charge in [-0.1, -0.05) is 0 Å². The van der Waals surface area contributed by atoms with E-state index >= 15 is 0 Å². The second-order valence-corrected chi connectivity index (χ2v) is 6.00. The Morgan fingerprint density at radius 1 is 1.69 bits per heavy atom. The van der Waals surface area contributed by atoms with E-state index in [1.807, 2.05) is 0 Å². The van der Waals surface area contributed by atoms with Crippen molar-refractivity contribution in [2.45, 2.75) is 23.8 Å². The van der Waals surface area contributed by atoms with Gasteiger partial charge in [-0.3, -0.25) is 9.09 Å². The van der Waals surface area contributed by atoms with Gasteiger partial charge < -0.3 is 19.1 Å². The van der Waals surface area contributed by atoms with Gasteiger partial charge in [0, 0.05) is 19.8 Å². The molecular formula is C8H14BO6P. The third-order valence-electron chi connectivity index (χ3n) is 2.73. The van der Waals surface area contributed by atoms with Crippen LogP contribution in [-0.4, -0.2) is 63.5 Å². The van der Waals surface area contributed by atoms with Crippen LogP contribution in [0.3, 0.4) is 0 Å². The average Bonchev–Trinajstić information content (AvgIpc) is 2.54. The van der Waals surface area contributed by atoms with Crippen LogP contribution in [0.15, 0.2) is 0 Å². The van der Waals surface area contributed by atoms with E-state index in [0.29, 0.717) is 0 Å². The van der Waals surface area contributed by atoms with Crippen molar-refractivity contribution >= 4 is 15.4 Å². The van der Waals surface area contributed by atoms with Crippen molar-refractivity contribution in [3.63, 3.8) is 0 Å². The quantitative estimate of drug-likeness (QED) is 0.533. The van der Waals surface area contributed by atoms with Crippen LogP contribution in [0.5, 0.6) is 0 Å². The lowest BCUT2D eigenvalue weighted by Crippen LogP contribution is -2.45. The number of hydrogen-bond donors (Lipinski definition) is 1. The van der Waals surface area contributed by atoms with Gasteiger partial charge in [-0.05, 0) is 0 Å². The molecule has 8 heteroatoms. The Labute approximate surface area is 95.1 Å². The summed E-state index contributed by atoms with van der Waals surface area (Å²) >= 11 is 0. The minimum Gasteiger partial charge on any atom is -0.381 e. The van der Waals surface area contributed by atoms with Crippen LogP contribution in [0.25, 0.3) is 0 Å². The third-order valence-corrected chi connectivity index (χ3v) is 3.35. The smallest absolute Gasteiger partial charge is 0.325 e. The molecule has 2 aliphatic rings. The zero-order valence-corrected chi connectivity index (χ0v) is 10.1. The molecule has 0 aromatic heterocycles. The van der Waals surface area contributed by atoms with Gasteiger partial charge >= 0.3 is 7.60 Å². The van der Waals surface area contributed by atoms with Gasteiger partial charge in [-0.15, -0.1) is 0 Å². The molecule has 2 rings (SSSR count). The van der Waals surface area contributed by atoms with Crippen LogP contribution in [-0.2, 0) is 23.3 Å². The van der Waals surface area contributed by atoms with Crippen molar-refractivity contribution in [3.8, 4) is 0 Å². The van der Waals surface area contributed by atoms with Gasteiger partial charge in [-0.25, -0.2) is 0 Å². The third kappa shape index (κ3) is 2.08. The molecule has 0 spiro atoms. The highest BCUT2D eigenvalue weighted by atomic mass is 31.2. The molecule has 1 N–H and O–H groups in total. The monoisotopic (exact) mass is 248 g/mol. The molecule has 3 unspecified atom stereocenters. The molecule has 2 bridgehead atoms. The molecule has 2 aliphatic heterocycles. The Morgan fingerprint density at radius 2 is 2.38 bits per heavy atom. The van der Waals surface area contributed by atoms with Crippen molar-refractivity contribution in [1.82, 2.24) is 0 Å². The average molecular weight is 248 g/mol. The van der Waals surface area contributed by atoms with Crippen molar-refractivity contribution in [3.05, 3.63) is 0 Å². The fraction of sp³-hybridized carbons (Fsp3) is 1.00. The van der Waals surface area contributed by atoms with Crippen LogP contribution in [0.1, 0.15) is 0 Å². The maximum absolute atomic E-state index is 11.3. The molecular weight excluding hydrogens is 234 g/mol. The summed E-state index contributed by atoms with van der Waals surface area (Å²) in [6.45, 7) is 1.59. The predicted molar refractivity (Wildman–Crippen MR) is 55.6 cm³/mol. The minimum absolute atomic E-state index is 0.210. The second-order valence-electron chi connectivity index (χ2n) is 4.18. The topological polar surface area (TPSA) is 74.2 Å². The molecule has 0 aliphatic carbocycles. The Hall–Kier alpha value is 0.0949. The number of methoxy groups -OCH3 is 1. The van der Waals surface area contributed by atoms with Crippen LogP contribution < -0.4 is 0 Å². The largest absolute Gasteiger partial charge is 0.381 e. The molecule has 16 heavy (non-hydrogen) atoms. The summed E-state index contributed by atoms with van der Waals surface area (Å²) < 4.78 is 32.3. The SMILES string of the molecule is [B][C@@H]1OC2(COC)COC1[C@@H]2OP(C)(=O)O. The zero-order chi connectivity index (χ0) is 12.0. The summed E-state index contributed by atoms with van der Waals surface area (Å²) in [5, 5.41) is 0. The van der Waals surface area contributed by atoms with Crippen LogP contribution >= 0.6 is 7.60 Å². The minimum atomic E-state index is -3.61. The van der Waals surface area contributed by atoms with E-state index in [1.165, 1.54) is 7.11 Å². The van der Waals surface area contributed by atoms with Crippen molar-refractivity contribution < 1.29 is 28.2 Å². The molecule has 0 aromatic rings. The molecule has 2 fully saturated rings. The molecule has 0 amide bonds. The fourth-order valence-corrected chi connectivity index (χ4v) is 2.91. The van der Waals surface area contributed by atoms with E-state index in [2.05, 4.69) is 0 Å². The first-order valence-corrected chi connectivity index (χ1v) is 6.93. The van der Waals surface area contributed by atoms with Gasteiger partial charge in [0.1, 0.15) is 25.7 Å². The van der Waals surface area contributed by atoms with E-state index in [4.69, 9.17) is 26.6 Å². The molecule has 5 atom stereocenters. The molecule has 2 saturated heterocycles. The number of ether oxygens (including phenoxy) is 3. The molecule has 2 radical (unpaired) electrons. The highest BCUT2D eigenvalue weighted by Crippen LogP contribution is 2.49.